The molecule has 0 aromatic heterocycles. The van der Waals surface area contributed by atoms with Crippen molar-refractivity contribution >= 4 is 0 Å². The van der Waals surface area contributed by atoms with Crippen LogP contribution in [-0.2, 0) is 4.74 Å². The summed E-state index contributed by atoms with van der Waals surface area (Å²) in [4.78, 5) is 0. The number of fused-ring (bicyclic) bond motifs is 2. The van der Waals surface area contributed by atoms with Crippen LogP contribution in [0.3, 0.4) is 0 Å². The molecular weight excluding hydrogens is 210 g/mol. The number of hydrogen-bond donors (Lipinski definition) is 1. The largest absolute Gasteiger partial charge is 0.502 e. The molecule has 0 amide bonds. The summed E-state index contributed by atoms with van der Waals surface area (Å²) in [7, 11) is 0. The Morgan fingerprint density at radius 1 is 1.41 bits per heavy atom. The van der Waals surface area contributed by atoms with Crippen LogP contribution >= 0.6 is 0 Å². The Morgan fingerprint density at radius 3 is 2.76 bits per heavy atom. The van der Waals surface area contributed by atoms with E-state index in [4.69, 9.17) is 4.74 Å². The van der Waals surface area contributed by atoms with Crippen molar-refractivity contribution in [3.63, 3.8) is 0 Å². The van der Waals surface area contributed by atoms with Crippen molar-refractivity contribution in [3.8, 4) is 0 Å². The number of nitrogens with one attached hydrogen (secondary N) is 1. The summed E-state index contributed by atoms with van der Waals surface area (Å²) >= 11 is 0. The van der Waals surface area contributed by atoms with Crippen LogP contribution in [0.25, 0.3) is 0 Å². The van der Waals surface area contributed by atoms with Gasteiger partial charge in [-0.2, -0.15) is 0 Å². The molecule has 2 heteroatoms. The van der Waals surface area contributed by atoms with Crippen LogP contribution in [0.1, 0.15) is 46.5 Å². The third-order valence-corrected chi connectivity index (χ3v) is 5.18. The van der Waals surface area contributed by atoms with Crippen molar-refractivity contribution in [2.45, 2.75) is 52.5 Å². The fraction of sp³-hybridized carbons (Fsp3) is 0.867. The van der Waals surface area contributed by atoms with Crippen LogP contribution < -0.4 is 5.32 Å². The Balaban J connectivity index is 1.85. The zero-order valence-electron chi connectivity index (χ0n) is 11.6. The molecule has 0 aromatic carbocycles. The smallest absolute Gasteiger partial charge is 0.0885 e. The molecule has 0 radical (unpaired) electrons. The molecule has 0 heterocycles. The number of rotatable bonds is 6. The monoisotopic (exact) mass is 237 g/mol. The molecule has 2 fully saturated rings. The topological polar surface area (TPSA) is 21.3 Å². The first-order valence-corrected chi connectivity index (χ1v) is 6.96. The van der Waals surface area contributed by atoms with Crippen LogP contribution in [0.2, 0.25) is 0 Å². The highest BCUT2D eigenvalue weighted by Crippen LogP contribution is 2.62. The molecule has 17 heavy (non-hydrogen) atoms. The Hall–Kier alpha value is -0.500. The fourth-order valence-electron chi connectivity index (χ4n) is 4.30. The highest BCUT2D eigenvalue weighted by molar-refractivity contribution is 5.11. The summed E-state index contributed by atoms with van der Waals surface area (Å²) < 4.78 is 5.16. The lowest BCUT2D eigenvalue weighted by Crippen LogP contribution is -2.50. The fourth-order valence-corrected chi connectivity index (χ4v) is 4.30. The van der Waals surface area contributed by atoms with Crippen molar-refractivity contribution in [2.75, 3.05) is 13.2 Å². The molecule has 0 aromatic rings. The zero-order valence-corrected chi connectivity index (χ0v) is 11.6. The summed E-state index contributed by atoms with van der Waals surface area (Å²) in [6, 6.07) is 0.678. The summed E-state index contributed by atoms with van der Waals surface area (Å²) in [5.41, 5.74) is 1.000. The van der Waals surface area contributed by atoms with E-state index in [0.717, 1.165) is 25.5 Å². The van der Waals surface area contributed by atoms with Crippen molar-refractivity contribution in [3.05, 3.63) is 12.8 Å². The Morgan fingerprint density at radius 2 is 2.18 bits per heavy atom. The van der Waals surface area contributed by atoms with Crippen LogP contribution in [0, 0.1) is 16.7 Å². The molecule has 98 valence electrons. The Labute approximate surface area is 106 Å². The highest BCUT2D eigenvalue weighted by atomic mass is 16.5. The second-order valence-corrected chi connectivity index (χ2v) is 6.69. The van der Waals surface area contributed by atoms with Crippen molar-refractivity contribution in [2.24, 2.45) is 16.7 Å². The van der Waals surface area contributed by atoms with Crippen LogP contribution in [0.4, 0.5) is 0 Å². The van der Waals surface area contributed by atoms with Gasteiger partial charge in [0.2, 0.25) is 0 Å². The lowest BCUT2D eigenvalue weighted by atomic mass is 9.68. The minimum atomic E-state index is 0.465. The molecule has 2 nitrogen and oxygen atoms in total. The molecule has 3 atom stereocenters. The molecule has 2 bridgehead atoms. The molecule has 2 aliphatic rings. The van der Waals surface area contributed by atoms with Gasteiger partial charge in [0, 0.05) is 6.04 Å². The van der Waals surface area contributed by atoms with Gasteiger partial charge in [-0.3, -0.25) is 0 Å². The van der Waals surface area contributed by atoms with Crippen molar-refractivity contribution in [1.82, 2.24) is 5.32 Å². The standard InChI is InChI=1S/C15H27NO/c1-5-17-10-6-9-16-13-14(2,3)12-7-8-15(13,4)11-12/h5,12-13,16H,1,6-11H2,2-4H3. The predicted octanol–water partition coefficient (Wildman–Crippen LogP) is 3.34. The lowest BCUT2D eigenvalue weighted by Gasteiger charge is -2.43. The summed E-state index contributed by atoms with van der Waals surface area (Å²) in [6.45, 7) is 12.8. The van der Waals surface area contributed by atoms with Gasteiger partial charge in [-0.25, -0.2) is 0 Å². The van der Waals surface area contributed by atoms with Gasteiger partial charge in [0.25, 0.3) is 0 Å². The average Bonchev–Trinajstić information content (AvgIpc) is 2.73. The third-order valence-electron chi connectivity index (χ3n) is 5.18. The Kier molecular flexibility index (Phi) is 3.53. The second-order valence-electron chi connectivity index (χ2n) is 6.69. The van der Waals surface area contributed by atoms with Crippen LogP contribution in [-0.4, -0.2) is 19.2 Å². The van der Waals surface area contributed by atoms with E-state index in [9.17, 15) is 0 Å². The highest BCUT2D eigenvalue weighted by Gasteiger charge is 2.58. The summed E-state index contributed by atoms with van der Waals surface area (Å²) in [5.74, 6) is 0.925. The van der Waals surface area contributed by atoms with E-state index in [-0.39, 0.29) is 0 Å². The lowest BCUT2D eigenvalue weighted by molar-refractivity contribution is 0.107. The van der Waals surface area contributed by atoms with E-state index in [1.807, 2.05) is 0 Å². The number of ether oxygens (including phenoxy) is 1. The minimum absolute atomic E-state index is 0.465. The van der Waals surface area contributed by atoms with Gasteiger partial charge in [-0.05, 0) is 49.0 Å². The van der Waals surface area contributed by atoms with E-state index < -0.39 is 0 Å². The maximum Gasteiger partial charge on any atom is 0.0885 e. The summed E-state index contributed by atoms with van der Waals surface area (Å²) in [6.07, 6.45) is 6.85. The molecule has 0 spiro atoms. The van der Waals surface area contributed by atoms with Crippen molar-refractivity contribution in [1.29, 1.82) is 0 Å². The molecule has 3 unspecified atom stereocenters. The summed E-state index contributed by atoms with van der Waals surface area (Å²) in [5, 5.41) is 3.79. The van der Waals surface area contributed by atoms with Gasteiger partial charge in [0.15, 0.2) is 0 Å². The second kappa shape index (κ2) is 4.64. The first-order chi connectivity index (χ1) is 8.00. The van der Waals surface area contributed by atoms with Crippen LogP contribution in [0.5, 0.6) is 0 Å². The molecule has 0 saturated heterocycles. The normalized spacial score (nSPS) is 38.3. The molecule has 1 N–H and O–H groups in total. The maximum absolute atomic E-state index is 5.16. The predicted molar refractivity (Wildman–Crippen MR) is 71.8 cm³/mol. The van der Waals surface area contributed by atoms with E-state index in [1.54, 1.807) is 0 Å². The van der Waals surface area contributed by atoms with Gasteiger partial charge in [-0.15, -0.1) is 0 Å². The van der Waals surface area contributed by atoms with E-state index in [2.05, 4.69) is 32.7 Å². The first kappa shape index (κ1) is 12.9. The molecular formula is C15H27NO. The Bertz CT molecular complexity index is 282. The van der Waals surface area contributed by atoms with E-state index in [0.29, 0.717) is 16.9 Å². The van der Waals surface area contributed by atoms with E-state index >= 15 is 0 Å². The van der Waals surface area contributed by atoms with Gasteiger partial charge in [-0.1, -0.05) is 27.4 Å². The molecule has 2 saturated carbocycles. The number of hydrogen-bond acceptors (Lipinski definition) is 2. The van der Waals surface area contributed by atoms with Gasteiger partial charge < -0.3 is 10.1 Å². The quantitative estimate of drug-likeness (QED) is 0.565. The van der Waals surface area contributed by atoms with E-state index in [1.165, 1.54) is 25.5 Å². The van der Waals surface area contributed by atoms with Gasteiger partial charge in [0.1, 0.15) is 0 Å². The molecule has 2 rings (SSSR count). The average molecular weight is 237 g/mol. The zero-order chi connectivity index (χ0) is 12.5. The van der Waals surface area contributed by atoms with Crippen LogP contribution in [0.15, 0.2) is 12.8 Å². The molecule has 0 aliphatic heterocycles. The SMILES string of the molecule is C=COCCCNC1C2(C)CCC(C2)C1(C)C. The third kappa shape index (κ3) is 2.24. The van der Waals surface area contributed by atoms with Gasteiger partial charge >= 0.3 is 0 Å². The van der Waals surface area contributed by atoms with Gasteiger partial charge in [0.05, 0.1) is 12.9 Å². The van der Waals surface area contributed by atoms with Crippen molar-refractivity contribution < 1.29 is 4.74 Å². The minimum Gasteiger partial charge on any atom is -0.502 e. The molecule has 2 aliphatic carbocycles. The first-order valence-electron chi connectivity index (χ1n) is 6.96. The maximum atomic E-state index is 5.16.